The third-order valence-electron chi connectivity index (χ3n) is 7.52. The Bertz CT molecular complexity index is 872. The molecule has 1 aliphatic carbocycles. The molecule has 0 bridgehead atoms. The zero-order valence-corrected chi connectivity index (χ0v) is 22.1. The standard InChI is InChI=1S/C26H39BrN6O2/c27-24(18-28)25(29)33(23-4-2-1-3-5-23)30-26(34)21-8-6-20(7-9-21)19-31-12-10-22(11-13-31)32-14-16-35-17-15-32/h6-9,18,22-23,29H,1-5,10-17,19,28H2,(H,30,34). The van der Waals surface area contributed by atoms with Gasteiger partial charge in [0.15, 0.2) is 5.84 Å². The van der Waals surface area contributed by atoms with E-state index in [2.05, 4.69) is 43.3 Å². The molecule has 192 valence electrons. The number of piperidine rings is 1. The van der Waals surface area contributed by atoms with Crippen LogP contribution in [-0.4, -0.2) is 78.0 Å². The summed E-state index contributed by atoms with van der Waals surface area (Å²) in [6.45, 7) is 6.96. The number of morpholine rings is 1. The molecule has 4 rings (SSSR count). The summed E-state index contributed by atoms with van der Waals surface area (Å²) in [6.07, 6.45) is 9.07. The van der Waals surface area contributed by atoms with Crippen LogP contribution in [-0.2, 0) is 11.3 Å². The molecule has 0 radical (unpaired) electrons. The Morgan fingerprint density at radius 3 is 2.37 bits per heavy atom. The van der Waals surface area contributed by atoms with E-state index >= 15 is 0 Å². The molecule has 2 saturated heterocycles. The minimum absolute atomic E-state index is 0.104. The van der Waals surface area contributed by atoms with Crippen molar-refractivity contribution in [1.29, 1.82) is 5.41 Å². The molecule has 35 heavy (non-hydrogen) atoms. The van der Waals surface area contributed by atoms with Crippen molar-refractivity contribution in [2.45, 2.75) is 63.6 Å². The third-order valence-corrected chi connectivity index (χ3v) is 8.16. The van der Waals surface area contributed by atoms with Gasteiger partial charge in [0.1, 0.15) is 0 Å². The lowest BCUT2D eigenvalue weighted by Gasteiger charge is -2.40. The Morgan fingerprint density at radius 1 is 1.09 bits per heavy atom. The van der Waals surface area contributed by atoms with Gasteiger partial charge >= 0.3 is 0 Å². The average molecular weight is 548 g/mol. The fourth-order valence-electron chi connectivity index (χ4n) is 5.44. The first-order chi connectivity index (χ1) is 17.0. The van der Waals surface area contributed by atoms with Crippen LogP contribution in [0.5, 0.6) is 0 Å². The molecule has 2 heterocycles. The van der Waals surface area contributed by atoms with Gasteiger partial charge in [-0.15, -0.1) is 0 Å². The number of likely N-dealkylation sites (tertiary alicyclic amines) is 1. The zero-order valence-electron chi connectivity index (χ0n) is 20.6. The van der Waals surface area contributed by atoms with Gasteiger partial charge in [-0.3, -0.25) is 30.4 Å². The van der Waals surface area contributed by atoms with Crippen LogP contribution in [0, 0.1) is 5.41 Å². The number of halogens is 1. The summed E-state index contributed by atoms with van der Waals surface area (Å²) in [5.74, 6) is -0.0135. The van der Waals surface area contributed by atoms with Crippen molar-refractivity contribution in [3.63, 3.8) is 0 Å². The van der Waals surface area contributed by atoms with Gasteiger partial charge in [0.2, 0.25) is 0 Å². The van der Waals surface area contributed by atoms with Crippen LogP contribution in [0.4, 0.5) is 0 Å². The number of hydrazine groups is 1. The average Bonchev–Trinajstić information content (AvgIpc) is 2.92. The van der Waals surface area contributed by atoms with E-state index in [-0.39, 0.29) is 17.8 Å². The maximum absolute atomic E-state index is 13.1. The maximum Gasteiger partial charge on any atom is 0.269 e. The molecule has 4 N–H and O–H groups in total. The lowest BCUT2D eigenvalue weighted by atomic mass is 9.95. The Balaban J connectivity index is 1.31. The summed E-state index contributed by atoms with van der Waals surface area (Å²) < 4.78 is 5.96. The monoisotopic (exact) mass is 546 g/mol. The molecule has 2 aliphatic heterocycles. The highest BCUT2D eigenvalue weighted by molar-refractivity contribution is 9.12. The van der Waals surface area contributed by atoms with Crippen LogP contribution >= 0.6 is 15.9 Å². The molecule has 3 aliphatic rings. The Labute approximate surface area is 217 Å². The van der Waals surface area contributed by atoms with Gasteiger partial charge in [0.25, 0.3) is 5.91 Å². The van der Waals surface area contributed by atoms with E-state index in [4.69, 9.17) is 15.9 Å². The van der Waals surface area contributed by atoms with Crippen molar-refractivity contribution < 1.29 is 9.53 Å². The molecular formula is C26H39BrN6O2. The quantitative estimate of drug-likeness (QED) is 0.287. The number of nitrogens with one attached hydrogen (secondary N) is 2. The normalized spacial score (nSPS) is 21.6. The molecule has 3 fully saturated rings. The second-order valence-corrected chi connectivity index (χ2v) is 10.7. The molecular weight excluding hydrogens is 508 g/mol. The molecule has 0 atom stereocenters. The predicted octanol–water partition coefficient (Wildman–Crippen LogP) is 3.43. The van der Waals surface area contributed by atoms with Crippen LogP contribution in [0.25, 0.3) is 0 Å². The van der Waals surface area contributed by atoms with Gasteiger partial charge in [-0.05, 0) is 72.4 Å². The summed E-state index contributed by atoms with van der Waals surface area (Å²) in [5.41, 5.74) is 10.4. The number of nitrogens with two attached hydrogens (primary N) is 1. The van der Waals surface area contributed by atoms with E-state index < -0.39 is 0 Å². The van der Waals surface area contributed by atoms with E-state index in [0.29, 0.717) is 16.1 Å². The van der Waals surface area contributed by atoms with E-state index in [1.165, 1.54) is 31.0 Å². The molecule has 1 aromatic rings. The predicted molar refractivity (Wildman–Crippen MR) is 142 cm³/mol. The van der Waals surface area contributed by atoms with Crippen molar-refractivity contribution in [2.75, 3.05) is 39.4 Å². The van der Waals surface area contributed by atoms with Gasteiger partial charge in [-0.2, -0.15) is 0 Å². The van der Waals surface area contributed by atoms with Crippen molar-refractivity contribution in [3.05, 3.63) is 46.1 Å². The number of hydrogen-bond donors (Lipinski definition) is 3. The second-order valence-electron chi connectivity index (χ2n) is 9.82. The molecule has 9 heteroatoms. The van der Waals surface area contributed by atoms with E-state index in [1.54, 1.807) is 5.01 Å². The van der Waals surface area contributed by atoms with Gasteiger partial charge in [-0.25, -0.2) is 0 Å². The molecule has 0 unspecified atom stereocenters. The van der Waals surface area contributed by atoms with Gasteiger partial charge < -0.3 is 10.5 Å². The smallest absolute Gasteiger partial charge is 0.269 e. The van der Waals surface area contributed by atoms with E-state index in [9.17, 15) is 4.79 Å². The number of nitrogens with zero attached hydrogens (tertiary/aromatic N) is 3. The summed E-state index contributed by atoms with van der Waals surface area (Å²) in [6, 6.07) is 8.67. The van der Waals surface area contributed by atoms with Crippen molar-refractivity contribution in [1.82, 2.24) is 20.2 Å². The SMILES string of the molecule is N=C(C(Br)=CN)N(NC(=O)c1ccc(CN2CCC(N3CCOCC3)CC2)cc1)C1CCCCC1. The summed E-state index contributed by atoms with van der Waals surface area (Å²) >= 11 is 3.34. The molecule has 1 aromatic carbocycles. The summed E-state index contributed by atoms with van der Waals surface area (Å²) in [5, 5.41) is 10.2. The number of carbonyl (C=O) groups is 1. The number of carbonyl (C=O) groups excluding carboxylic acids is 1. The summed E-state index contributed by atoms with van der Waals surface area (Å²) in [7, 11) is 0. The fraction of sp³-hybridized carbons (Fsp3) is 0.615. The number of amides is 1. The molecule has 0 spiro atoms. The number of hydrogen-bond acceptors (Lipinski definition) is 6. The van der Waals surface area contributed by atoms with Crippen molar-refractivity contribution in [2.24, 2.45) is 5.73 Å². The fourth-order valence-corrected chi connectivity index (χ4v) is 5.63. The maximum atomic E-state index is 13.1. The minimum Gasteiger partial charge on any atom is -0.404 e. The first-order valence-corrected chi connectivity index (χ1v) is 13.7. The van der Waals surface area contributed by atoms with E-state index in [0.717, 1.165) is 71.6 Å². The molecule has 8 nitrogen and oxygen atoms in total. The first-order valence-electron chi connectivity index (χ1n) is 12.9. The lowest BCUT2D eigenvalue weighted by Crippen LogP contribution is -2.52. The summed E-state index contributed by atoms with van der Waals surface area (Å²) in [4.78, 5) is 18.2. The van der Waals surface area contributed by atoms with Crippen LogP contribution in [0.1, 0.15) is 60.9 Å². The van der Waals surface area contributed by atoms with Crippen LogP contribution in [0.15, 0.2) is 34.9 Å². The number of ether oxygens (including phenoxy) is 1. The van der Waals surface area contributed by atoms with Crippen LogP contribution in [0.3, 0.4) is 0 Å². The lowest BCUT2D eigenvalue weighted by molar-refractivity contribution is 0.000231. The number of amidine groups is 1. The van der Waals surface area contributed by atoms with Crippen LogP contribution in [0.2, 0.25) is 0 Å². The first kappa shape index (κ1) is 26.1. The van der Waals surface area contributed by atoms with Gasteiger partial charge in [-0.1, -0.05) is 31.4 Å². The second kappa shape index (κ2) is 12.9. The topological polar surface area (TPSA) is 97.9 Å². The Morgan fingerprint density at radius 2 is 1.74 bits per heavy atom. The van der Waals surface area contributed by atoms with Crippen molar-refractivity contribution in [3.8, 4) is 0 Å². The molecule has 1 amide bonds. The molecule has 1 saturated carbocycles. The van der Waals surface area contributed by atoms with E-state index in [1.807, 2.05) is 12.1 Å². The van der Waals surface area contributed by atoms with Gasteiger partial charge in [0.05, 0.1) is 23.7 Å². The highest BCUT2D eigenvalue weighted by Gasteiger charge is 2.27. The zero-order chi connectivity index (χ0) is 24.6. The highest BCUT2D eigenvalue weighted by atomic mass is 79.9. The van der Waals surface area contributed by atoms with Crippen LogP contribution < -0.4 is 11.2 Å². The third kappa shape index (κ3) is 7.06. The Hall–Kier alpha value is -1.94. The van der Waals surface area contributed by atoms with Crippen molar-refractivity contribution >= 4 is 27.7 Å². The van der Waals surface area contributed by atoms with Gasteiger partial charge in [0, 0.05) is 37.4 Å². The number of rotatable bonds is 6. The minimum atomic E-state index is -0.199. The molecule has 0 aromatic heterocycles. The highest BCUT2D eigenvalue weighted by Crippen LogP contribution is 2.24. The largest absolute Gasteiger partial charge is 0.404 e. The Kier molecular flexibility index (Phi) is 9.59. The number of benzene rings is 1.